The van der Waals surface area contributed by atoms with Crippen molar-refractivity contribution in [2.24, 2.45) is 0 Å². The Balaban J connectivity index is -0.00000130. The summed E-state index contributed by atoms with van der Waals surface area (Å²) in [7, 11) is 0. The molecule has 1 aliphatic heterocycles. The van der Waals surface area contributed by atoms with Crippen LogP contribution in [0.25, 0.3) is 65.9 Å². The average Bonchev–Trinajstić information content (AvgIpc) is 3.70. The number of carboxylic acids is 2. The Labute approximate surface area is 332 Å². The minimum atomic E-state index is -0.870. The van der Waals surface area contributed by atoms with E-state index in [0.29, 0.717) is 12.8 Å². The van der Waals surface area contributed by atoms with Crippen LogP contribution in [0.3, 0.4) is 0 Å². The van der Waals surface area contributed by atoms with E-state index in [0.717, 1.165) is 106 Å². The number of aliphatic carboxylic acids is 2. The van der Waals surface area contributed by atoms with E-state index in [1.807, 2.05) is 44.2 Å². The summed E-state index contributed by atoms with van der Waals surface area (Å²) in [5.41, 5.74) is 13.5. The third-order valence-electron chi connectivity index (χ3n) is 9.28. The third-order valence-corrected chi connectivity index (χ3v) is 9.28. The van der Waals surface area contributed by atoms with Crippen molar-refractivity contribution in [1.29, 1.82) is 0 Å². The molecular formula is C46H73N5O4. The largest absolute Gasteiger partial charge is 0.481 e. The van der Waals surface area contributed by atoms with Gasteiger partial charge in [-0.3, -0.25) is 14.6 Å². The lowest BCUT2D eigenvalue weighted by atomic mass is 10.00. The molecule has 0 saturated heterocycles. The van der Waals surface area contributed by atoms with Gasteiger partial charge in [0, 0.05) is 57.3 Å². The fourth-order valence-electron chi connectivity index (χ4n) is 6.86. The van der Waals surface area contributed by atoms with Crippen molar-refractivity contribution in [2.75, 3.05) is 0 Å². The molecule has 0 aliphatic carbocycles. The monoisotopic (exact) mass is 760 g/mol. The van der Waals surface area contributed by atoms with Gasteiger partial charge in [-0.25, -0.2) is 9.97 Å². The second-order valence-electron chi connectivity index (χ2n) is 11.8. The number of hydrogen-bond acceptors (Lipinski definition) is 5. The van der Waals surface area contributed by atoms with Crippen LogP contribution in [-0.2, 0) is 22.4 Å². The van der Waals surface area contributed by atoms with Crippen LogP contribution in [0.15, 0.2) is 42.6 Å². The predicted octanol–water partition coefficient (Wildman–Crippen LogP) is 14.1. The summed E-state index contributed by atoms with van der Waals surface area (Å²) in [6, 6.07) is 12.1. The van der Waals surface area contributed by atoms with Gasteiger partial charge in [-0.1, -0.05) is 81.2 Å². The Morgan fingerprint density at radius 3 is 1.67 bits per heavy atom. The highest BCUT2D eigenvalue weighted by Gasteiger charge is 2.21. The summed E-state index contributed by atoms with van der Waals surface area (Å²) < 4.78 is 0. The van der Waals surface area contributed by atoms with Crippen LogP contribution in [0.1, 0.15) is 141 Å². The Hall–Kier alpha value is -5.31. The molecule has 0 spiro atoms. The molecule has 6 aromatic rings. The van der Waals surface area contributed by atoms with Gasteiger partial charge in [-0.15, -0.1) is 0 Å². The first-order valence-corrected chi connectivity index (χ1v) is 15.2. The van der Waals surface area contributed by atoms with Gasteiger partial charge in [0.15, 0.2) is 0 Å². The number of hydrogen-bond donors (Lipinski definition) is 4. The van der Waals surface area contributed by atoms with Gasteiger partial charge in [-0.2, -0.15) is 0 Å². The first-order valence-electron chi connectivity index (χ1n) is 15.2. The molecule has 0 saturated carbocycles. The smallest absolute Gasteiger partial charge is 0.303 e. The fraction of sp³-hybridized carbons (Fsp3) is 0.413. The maximum atomic E-state index is 11.6. The number of fused-ring (bicyclic) bond motifs is 9. The van der Waals surface area contributed by atoms with Crippen LogP contribution >= 0.6 is 0 Å². The zero-order valence-electron chi connectivity index (χ0n) is 25.6. The molecule has 1 aliphatic rings. The van der Waals surface area contributed by atoms with Crippen molar-refractivity contribution in [3.63, 3.8) is 0 Å². The van der Waals surface area contributed by atoms with Gasteiger partial charge in [0.1, 0.15) is 0 Å². The van der Waals surface area contributed by atoms with E-state index in [1.165, 1.54) is 0 Å². The maximum absolute atomic E-state index is 11.6. The molecule has 0 amide bonds. The predicted molar refractivity (Wildman–Crippen MR) is 245 cm³/mol. The topological polar surface area (TPSA) is 145 Å². The van der Waals surface area contributed by atoms with Crippen molar-refractivity contribution in [1.82, 2.24) is 24.9 Å². The van der Waals surface area contributed by atoms with Crippen molar-refractivity contribution in [3.05, 3.63) is 76.2 Å². The van der Waals surface area contributed by atoms with E-state index in [1.54, 1.807) is 6.20 Å². The highest BCUT2D eigenvalue weighted by atomic mass is 16.4. The Morgan fingerprint density at radius 1 is 0.636 bits per heavy atom. The maximum Gasteiger partial charge on any atom is 0.303 e. The molecule has 0 atom stereocenters. The SMILES string of the molecule is C.C.C.C.C.C.C.C.C.C.CCC1=C(C)c2cc3[nH]c(cc4[nH]c(cc5nc6c(ccc7nccc5c76)c1n2)c(C)c4CCC(=O)O)c(CCC(=O)O)c3C. The summed E-state index contributed by atoms with van der Waals surface area (Å²) in [6.45, 7) is 8.24. The Kier molecular flexibility index (Phi) is 22.1. The molecule has 9 nitrogen and oxygen atoms in total. The zero-order chi connectivity index (χ0) is 31.6. The number of carbonyl (C=O) groups is 2. The summed E-state index contributed by atoms with van der Waals surface area (Å²) in [5, 5.41) is 22.0. The highest BCUT2D eigenvalue weighted by molar-refractivity contribution is 6.21. The van der Waals surface area contributed by atoms with E-state index < -0.39 is 11.9 Å². The number of pyridine rings is 1. The summed E-state index contributed by atoms with van der Waals surface area (Å²) >= 11 is 0. The number of nitrogens with one attached hydrogen (secondary N) is 2. The molecule has 0 unspecified atom stereocenters. The van der Waals surface area contributed by atoms with Gasteiger partial charge in [0.2, 0.25) is 0 Å². The number of benzene rings is 1. The van der Waals surface area contributed by atoms with Gasteiger partial charge in [-0.05, 0) is 110 Å². The van der Waals surface area contributed by atoms with Crippen LogP contribution in [0.5, 0.6) is 0 Å². The average molecular weight is 760 g/mol. The Morgan fingerprint density at radius 2 is 1.16 bits per heavy atom. The molecule has 306 valence electrons. The van der Waals surface area contributed by atoms with Crippen LogP contribution in [0.2, 0.25) is 0 Å². The first-order chi connectivity index (χ1) is 21.6. The molecule has 9 heteroatoms. The van der Waals surface area contributed by atoms with Crippen LogP contribution in [-0.4, -0.2) is 47.1 Å². The fourth-order valence-corrected chi connectivity index (χ4v) is 6.86. The second kappa shape index (κ2) is 21.5. The minimum absolute atomic E-state index is 0. The molecule has 0 radical (unpaired) electrons. The quantitative estimate of drug-likeness (QED) is 0.127. The van der Waals surface area contributed by atoms with Gasteiger partial charge in [0.25, 0.3) is 0 Å². The first kappa shape index (κ1) is 56.4. The lowest BCUT2D eigenvalue weighted by Crippen LogP contribution is -1.98. The second-order valence-corrected chi connectivity index (χ2v) is 11.8. The van der Waals surface area contributed by atoms with E-state index in [-0.39, 0.29) is 87.1 Å². The molecule has 0 fully saturated rings. The third kappa shape index (κ3) is 9.50. The summed E-state index contributed by atoms with van der Waals surface area (Å²) in [4.78, 5) is 45.4. The standard InChI is InChI=1S/C36H33N5O4.10CH4/c1-5-20-17(2)28-14-26-18(3)21(7-10-32(42)43)29(38-26)16-30-22(8-11-33(44)45)19(4)27(39-30)15-31-23-12-13-37-25-9-6-24(35(20)40-28)36(41-31)34(23)25;;;;;;;;;;/h6,9,12-16,38-39H,5,7-8,10-11H2,1-4H3,(H,42,43)(H,44,45);10*1H4. The van der Waals surface area contributed by atoms with Crippen LogP contribution < -0.4 is 0 Å². The molecule has 6 heterocycles. The van der Waals surface area contributed by atoms with Gasteiger partial charge >= 0.3 is 11.9 Å². The van der Waals surface area contributed by atoms with E-state index >= 15 is 0 Å². The number of H-pyrrole nitrogens is 2. The van der Waals surface area contributed by atoms with E-state index in [2.05, 4.69) is 34.9 Å². The number of allylic oxidation sites excluding steroid dienone is 2. The number of carboxylic acid groups (broad SMARTS) is 2. The number of aryl methyl sites for hydroxylation is 4. The molecule has 7 rings (SSSR count). The van der Waals surface area contributed by atoms with Gasteiger partial charge < -0.3 is 20.2 Å². The number of aromatic amines is 2. The van der Waals surface area contributed by atoms with Crippen LogP contribution in [0, 0.1) is 13.8 Å². The molecule has 5 aromatic heterocycles. The lowest BCUT2D eigenvalue weighted by Gasteiger charge is -2.04. The summed E-state index contributed by atoms with van der Waals surface area (Å²) in [5.74, 6) is -1.73. The highest BCUT2D eigenvalue weighted by Crippen LogP contribution is 2.39. The normalized spacial score (nSPS) is 10.4. The lowest BCUT2D eigenvalue weighted by molar-refractivity contribution is -0.138. The molecule has 8 bridgehead atoms. The number of nitrogens with zero attached hydrogens (tertiary/aromatic N) is 3. The molecule has 1 aromatic carbocycles. The van der Waals surface area contributed by atoms with Crippen LogP contribution in [0.4, 0.5) is 0 Å². The zero-order valence-corrected chi connectivity index (χ0v) is 25.6. The molecule has 55 heavy (non-hydrogen) atoms. The van der Waals surface area contributed by atoms with Crippen molar-refractivity contribution in [3.8, 4) is 0 Å². The number of aromatic nitrogens is 5. The minimum Gasteiger partial charge on any atom is -0.481 e. The van der Waals surface area contributed by atoms with E-state index in [9.17, 15) is 19.8 Å². The molecular weight excluding hydrogens is 687 g/mol. The van der Waals surface area contributed by atoms with Crippen molar-refractivity contribution >= 4 is 77.9 Å². The summed E-state index contributed by atoms with van der Waals surface area (Å²) in [6.07, 6.45) is 3.28. The Bertz CT molecular complexity index is 2360. The van der Waals surface area contributed by atoms with E-state index in [4.69, 9.17) is 9.97 Å². The van der Waals surface area contributed by atoms with Gasteiger partial charge in [0.05, 0.1) is 27.9 Å². The van der Waals surface area contributed by atoms with Crippen molar-refractivity contribution in [2.45, 2.75) is 134 Å². The molecule has 4 N–H and O–H groups in total. The number of rotatable bonds is 7. The van der Waals surface area contributed by atoms with Crippen molar-refractivity contribution < 1.29 is 19.8 Å².